The minimum absolute atomic E-state index is 0.383. The second-order valence-electron chi connectivity index (χ2n) is 4.92. The first-order chi connectivity index (χ1) is 9.21. The van der Waals surface area contributed by atoms with E-state index in [1.54, 1.807) is 7.11 Å². The average molecular weight is 264 g/mol. The number of ether oxygens (including phenoxy) is 1. The molecule has 0 bridgehead atoms. The van der Waals surface area contributed by atoms with Crippen LogP contribution in [0.2, 0.25) is 0 Å². The lowest BCUT2D eigenvalue weighted by Crippen LogP contribution is -2.31. The summed E-state index contributed by atoms with van der Waals surface area (Å²) in [5, 5.41) is 6.75. The molecule has 3 heteroatoms. The molecule has 0 heterocycles. The Hall–Kier alpha value is -1.06. The van der Waals surface area contributed by atoms with Gasteiger partial charge in [-0.15, -0.1) is 0 Å². The van der Waals surface area contributed by atoms with E-state index in [9.17, 15) is 0 Å². The molecule has 0 aliphatic carbocycles. The third kappa shape index (κ3) is 3.95. The van der Waals surface area contributed by atoms with Crippen LogP contribution in [-0.4, -0.2) is 27.7 Å². The van der Waals surface area contributed by atoms with Crippen LogP contribution in [0.1, 0.15) is 37.4 Å². The standard InChI is InChI=1S/C16H28N2O/c1-6-12-10-14(8-9-15(12)19-5)16(18-4)13(7-2)11-17-3/h8-10,13,16-18H,6-7,11H2,1-5H3. The molecule has 1 aromatic carbocycles. The number of rotatable bonds is 8. The Kier molecular flexibility index (Phi) is 6.89. The van der Waals surface area contributed by atoms with Gasteiger partial charge in [0.15, 0.2) is 0 Å². The summed E-state index contributed by atoms with van der Waals surface area (Å²) >= 11 is 0. The van der Waals surface area contributed by atoms with Gasteiger partial charge in [-0.3, -0.25) is 0 Å². The van der Waals surface area contributed by atoms with Gasteiger partial charge in [0.05, 0.1) is 7.11 Å². The van der Waals surface area contributed by atoms with Crippen LogP contribution in [0.15, 0.2) is 18.2 Å². The molecule has 0 saturated heterocycles. The summed E-state index contributed by atoms with van der Waals surface area (Å²) in [6, 6.07) is 6.93. The minimum Gasteiger partial charge on any atom is -0.496 e. The summed E-state index contributed by atoms with van der Waals surface area (Å²) in [7, 11) is 5.79. The van der Waals surface area contributed by atoms with Crippen LogP contribution < -0.4 is 15.4 Å². The molecule has 108 valence electrons. The highest BCUT2D eigenvalue weighted by molar-refractivity contribution is 5.38. The summed E-state index contributed by atoms with van der Waals surface area (Å²) in [5.74, 6) is 1.58. The molecule has 0 fully saturated rings. The van der Waals surface area contributed by atoms with Crippen LogP contribution in [0.3, 0.4) is 0 Å². The van der Waals surface area contributed by atoms with Crippen molar-refractivity contribution in [2.45, 2.75) is 32.7 Å². The highest BCUT2D eigenvalue weighted by Gasteiger charge is 2.20. The predicted octanol–water partition coefficient (Wildman–Crippen LogP) is 2.76. The molecular weight excluding hydrogens is 236 g/mol. The first kappa shape index (κ1) is 16.0. The van der Waals surface area contributed by atoms with Crippen molar-refractivity contribution in [2.75, 3.05) is 27.7 Å². The zero-order chi connectivity index (χ0) is 14.3. The van der Waals surface area contributed by atoms with Gasteiger partial charge in [-0.2, -0.15) is 0 Å². The van der Waals surface area contributed by atoms with Crippen molar-refractivity contribution in [3.8, 4) is 5.75 Å². The van der Waals surface area contributed by atoms with Crippen molar-refractivity contribution in [2.24, 2.45) is 5.92 Å². The fraction of sp³-hybridized carbons (Fsp3) is 0.625. The molecule has 2 atom stereocenters. The third-order valence-electron chi connectivity index (χ3n) is 3.82. The highest BCUT2D eigenvalue weighted by Crippen LogP contribution is 2.28. The topological polar surface area (TPSA) is 33.3 Å². The number of hydrogen-bond donors (Lipinski definition) is 2. The highest BCUT2D eigenvalue weighted by atomic mass is 16.5. The van der Waals surface area contributed by atoms with Gasteiger partial charge in [-0.1, -0.05) is 32.4 Å². The quantitative estimate of drug-likeness (QED) is 0.757. The van der Waals surface area contributed by atoms with E-state index in [0.717, 1.165) is 25.1 Å². The molecule has 0 saturated carbocycles. The van der Waals surface area contributed by atoms with Gasteiger partial charge in [0.1, 0.15) is 5.75 Å². The Morgan fingerprint density at radius 2 is 1.95 bits per heavy atom. The van der Waals surface area contributed by atoms with E-state index in [2.05, 4.69) is 42.7 Å². The molecular formula is C16H28N2O. The maximum atomic E-state index is 5.41. The zero-order valence-electron chi connectivity index (χ0n) is 12.9. The SMILES string of the molecule is CCc1cc(C(NC)C(CC)CNC)ccc1OC. The maximum absolute atomic E-state index is 5.41. The number of methoxy groups -OCH3 is 1. The molecule has 0 aliphatic heterocycles. The molecule has 0 aliphatic rings. The molecule has 3 nitrogen and oxygen atoms in total. The van der Waals surface area contributed by atoms with Crippen molar-refractivity contribution < 1.29 is 4.74 Å². The van der Waals surface area contributed by atoms with Crippen LogP contribution in [0, 0.1) is 5.92 Å². The smallest absolute Gasteiger partial charge is 0.122 e. The molecule has 1 aromatic rings. The number of benzene rings is 1. The van der Waals surface area contributed by atoms with E-state index in [-0.39, 0.29) is 0 Å². The lowest BCUT2D eigenvalue weighted by molar-refractivity contribution is 0.358. The van der Waals surface area contributed by atoms with Crippen molar-refractivity contribution in [1.82, 2.24) is 10.6 Å². The zero-order valence-corrected chi connectivity index (χ0v) is 12.9. The molecule has 1 rings (SSSR count). The number of aryl methyl sites for hydroxylation is 1. The minimum atomic E-state index is 0.383. The van der Waals surface area contributed by atoms with E-state index in [4.69, 9.17) is 4.74 Å². The van der Waals surface area contributed by atoms with Crippen molar-refractivity contribution in [1.29, 1.82) is 0 Å². The number of hydrogen-bond acceptors (Lipinski definition) is 3. The Balaban J connectivity index is 3.03. The van der Waals surface area contributed by atoms with Gasteiger partial charge < -0.3 is 15.4 Å². The fourth-order valence-electron chi connectivity index (χ4n) is 2.70. The Morgan fingerprint density at radius 1 is 1.21 bits per heavy atom. The summed E-state index contributed by atoms with van der Waals surface area (Å²) in [5.41, 5.74) is 2.63. The molecule has 2 unspecified atom stereocenters. The second kappa shape index (κ2) is 8.18. The lowest BCUT2D eigenvalue weighted by Gasteiger charge is -2.27. The molecule has 0 aromatic heterocycles. The average Bonchev–Trinajstić information content (AvgIpc) is 2.46. The first-order valence-electron chi connectivity index (χ1n) is 7.20. The van der Waals surface area contributed by atoms with Gasteiger partial charge in [0, 0.05) is 6.04 Å². The molecule has 0 amide bonds. The van der Waals surface area contributed by atoms with Crippen molar-refractivity contribution in [3.63, 3.8) is 0 Å². The summed E-state index contributed by atoms with van der Waals surface area (Å²) < 4.78 is 5.41. The monoisotopic (exact) mass is 264 g/mol. The molecule has 0 spiro atoms. The van der Waals surface area contributed by atoms with E-state index in [0.29, 0.717) is 12.0 Å². The predicted molar refractivity (Wildman–Crippen MR) is 81.9 cm³/mol. The largest absolute Gasteiger partial charge is 0.496 e. The lowest BCUT2D eigenvalue weighted by atomic mass is 9.89. The summed E-state index contributed by atoms with van der Waals surface area (Å²) in [6.07, 6.45) is 2.15. The van der Waals surface area contributed by atoms with Gasteiger partial charge in [0.2, 0.25) is 0 Å². The Morgan fingerprint density at radius 3 is 2.42 bits per heavy atom. The molecule has 19 heavy (non-hydrogen) atoms. The van der Waals surface area contributed by atoms with Gasteiger partial charge >= 0.3 is 0 Å². The second-order valence-corrected chi connectivity index (χ2v) is 4.92. The van der Waals surface area contributed by atoms with Crippen LogP contribution in [-0.2, 0) is 6.42 Å². The van der Waals surface area contributed by atoms with E-state index < -0.39 is 0 Å². The molecule has 0 radical (unpaired) electrons. The van der Waals surface area contributed by atoms with E-state index in [1.165, 1.54) is 11.1 Å². The van der Waals surface area contributed by atoms with Crippen molar-refractivity contribution in [3.05, 3.63) is 29.3 Å². The fourth-order valence-corrected chi connectivity index (χ4v) is 2.70. The van der Waals surface area contributed by atoms with Crippen molar-refractivity contribution >= 4 is 0 Å². The van der Waals surface area contributed by atoms with E-state index >= 15 is 0 Å². The normalized spacial score (nSPS) is 14.2. The Bertz CT molecular complexity index is 379. The van der Waals surface area contributed by atoms with E-state index in [1.807, 2.05) is 14.1 Å². The van der Waals surface area contributed by atoms with Gasteiger partial charge in [-0.05, 0) is 50.2 Å². The molecule has 2 N–H and O–H groups in total. The van der Waals surface area contributed by atoms with Crippen LogP contribution in [0.4, 0.5) is 0 Å². The number of nitrogens with one attached hydrogen (secondary N) is 2. The summed E-state index contributed by atoms with van der Waals surface area (Å²) in [6.45, 7) is 5.44. The van der Waals surface area contributed by atoms with Crippen LogP contribution >= 0.6 is 0 Å². The first-order valence-corrected chi connectivity index (χ1v) is 7.20. The maximum Gasteiger partial charge on any atom is 0.122 e. The summed E-state index contributed by atoms with van der Waals surface area (Å²) in [4.78, 5) is 0. The Labute approximate surface area is 117 Å². The van der Waals surface area contributed by atoms with Crippen LogP contribution in [0.5, 0.6) is 5.75 Å². The van der Waals surface area contributed by atoms with Crippen LogP contribution in [0.25, 0.3) is 0 Å². The van der Waals surface area contributed by atoms with Gasteiger partial charge in [0.25, 0.3) is 0 Å². The third-order valence-corrected chi connectivity index (χ3v) is 3.82. The van der Waals surface area contributed by atoms with Gasteiger partial charge in [-0.25, -0.2) is 0 Å².